The van der Waals surface area contributed by atoms with Crippen LogP contribution in [0.15, 0.2) is 30.7 Å². The van der Waals surface area contributed by atoms with E-state index in [-0.39, 0.29) is 6.04 Å². The summed E-state index contributed by atoms with van der Waals surface area (Å²) in [5.41, 5.74) is 4.28. The molecule has 2 atom stereocenters. The standard InChI is InChI=1S/C20H22AsClN6O/c1-5-29-16-8-11(2)14(22)9-13(16)12(3)28-20-17(19(21)23-10-24-20)18(26-28)15-6-7-27(4)25-15/h6-10,12H,5,21H2,1-4H3. The van der Waals surface area contributed by atoms with Crippen LogP contribution in [0.5, 0.6) is 5.75 Å². The van der Waals surface area contributed by atoms with Crippen LogP contribution in [0.2, 0.25) is 5.02 Å². The molecule has 4 aromatic rings. The molecule has 0 saturated heterocycles. The van der Waals surface area contributed by atoms with Crippen molar-refractivity contribution in [2.24, 2.45) is 7.05 Å². The monoisotopic (exact) mass is 472 g/mol. The second-order valence-electron chi connectivity index (χ2n) is 6.87. The van der Waals surface area contributed by atoms with E-state index in [9.17, 15) is 0 Å². The Kier molecular flexibility index (Phi) is 5.36. The first-order chi connectivity index (χ1) is 13.9. The van der Waals surface area contributed by atoms with Crippen molar-refractivity contribution in [3.8, 4) is 17.1 Å². The molecule has 0 spiro atoms. The van der Waals surface area contributed by atoms with E-state index in [0.717, 1.165) is 43.8 Å². The molecule has 0 aliphatic heterocycles. The zero-order valence-corrected chi connectivity index (χ0v) is 19.9. The van der Waals surface area contributed by atoms with Crippen LogP contribution in [0.25, 0.3) is 22.4 Å². The van der Waals surface area contributed by atoms with E-state index in [4.69, 9.17) is 21.4 Å². The molecule has 0 aliphatic carbocycles. The Morgan fingerprint density at radius 1 is 1.24 bits per heavy atom. The fraction of sp³-hybridized carbons (Fsp3) is 0.300. The molecule has 150 valence electrons. The summed E-state index contributed by atoms with van der Waals surface area (Å²) in [6, 6.07) is 5.74. The molecule has 29 heavy (non-hydrogen) atoms. The minimum atomic E-state index is -0.142. The molecule has 2 unspecified atom stereocenters. The Morgan fingerprint density at radius 2 is 2.03 bits per heavy atom. The Balaban J connectivity index is 1.93. The quantitative estimate of drug-likeness (QED) is 0.417. The molecule has 1 aromatic carbocycles. The van der Waals surface area contributed by atoms with Crippen molar-refractivity contribution in [1.82, 2.24) is 29.5 Å². The van der Waals surface area contributed by atoms with Crippen LogP contribution in [-0.2, 0) is 7.05 Å². The van der Waals surface area contributed by atoms with Gasteiger partial charge in [0.25, 0.3) is 0 Å². The summed E-state index contributed by atoms with van der Waals surface area (Å²) in [5, 5.41) is 11.1. The SMILES string of the molecule is CCOc1cc(C)c(Cl)cc1C(C)n1nc(-c2ccn(C)n2)c2c([AsH2])ncnc21. The molecule has 0 saturated carbocycles. The van der Waals surface area contributed by atoms with E-state index in [2.05, 4.69) is 22.0 Å². The number of halogens is 1. The summed E-state index contributed by atoms with van der Waals surface area (Å²) in [6.45, 7) is 6.59. The van der Waals surface area contributed by atoms with E-state index in [1.54, 1.807) is 11.0 Å². The summed E-state index contributed by atoms with van der Waals surface area (Å²) in [7, 11) is 1.89. The summed E-state index contributed by atoms with van der Waals surface area (Å²) in [6.07, 6.45) is 3.49. The summed E-state index contributed by atoms with van der Waals surface area (Å²) < 4.78 is 10.5. The van der Waals surface area contributed by atoms with Crippen molar-refractivity contribution in [2.75, 3.05) is 6.61 Å². The van der Waals surface area contributed by atoms with E-state index < -0.39 is 0 Å². The van der Waals surface area contributed by atoms with Crippen LogP contribution in [0.3, 0.4) is 0 Å². The third-order valence-corrected chi connectivity index (χ3v) is 6.21. The molecule has 3 aromatic heterocycles. The van der Waals surface area contributed by atoms with Gasteiger partial charge < -0.3 is 0 Å². The van der Waals surface area contributed by atoms with Crippen molar-refractivity contribution >= 4 is 44.0 Å². The molecule has 0 fully saturated rings. The van der Waals surface area contributed by atoms with Gasteiger partial charge in [-0.3, -0.25) is 0 Å². The molecular weight excluding hydrogens is 451 g/mol. The first kappa shape index (κ1) is 19.9. The van der Waals surface area contributed by atoms with E-state index >= 15 is 0 Å². The molecule has 7 nitrogen and oxygen atoms in total. The number of hydrogen-bond acceptors (Lipinski definition) is 5. The molecule has 9 heteroatoms. The van der Waals surface area contributed by atoms with E-state index in [1.165, 1.54) is 16.9 Å². The van der Waals surface area contributed by atoms with Gasteiger partial charge in [0.1, 0.15) is 0 Å². The Bertz CT molecular complexity index is 1200. The summed E-state index contributed by atoms with van der Waals surface area (Å²) in [5.74, 6) is 0.805. The number of ether oxygens (including phenoxy) is 1. The molecule has 0 bridgehead atoms. The molecular formula is C20H22AsClN6O. The Labute approximate surface area is 182 Å². The number of hydrogen-bond donors (Lipinski definition) is 0. The van der Waals surface area contributed by atoms with Gasteiger partial charge in [-0.1, -0.05) is 0 Å². The molecule has 4 rings (SSSR count). The van der Waals surface area contributed by atoms with Crippen LogP contribution in [0.1, 0.15) is 31.0 Å². The van der Waals surface area contributed by atoms with Crippen LogP contribution in [0, 0.1) is 6.92 Å². The Morgan fingerprint density at radius 3 is 2.72 bits per heavy atom. The topological polar surface area (TPSA) is 70.7 Å². The van der Waals surface area contributed by atoms with E-state index in [1.807, 2.05) is 50.0 Å². The van der Waals surface area contributed by atoms with Gasteiger partial charge in [0.2, 0.25) is 0 Å². The molecule has 0 amide bonds. The van der Waals surface area contributed by atoms with Crippen LogP contribution in [-0.4, -0.2) is 53.0 Å². The summed E-state index contributed by atoms with van der Waals surface area (Å²) >= 11 is 7.87. The van der Waals surface area contributed by atoms with Crippen molar-refractivity contribution in [3.63, 3.8) is 0 Å². The van der Waals surface area contributed by atoms with Gasteiger partial charge in [0.15, 0.2) is 0 Å². The van der Waals surface area contributed by atoms with Gasteiger partial charge in [-0.15, -0.1) is 0 Å². The average molecular weight is 473 g/mol. The van der Waals surface area contributed by atoms with Gasteiger partial charge in [-0.25, -0.2) is 0 Å². The van der Waals surface area contributed by atoms with Crippen LogP contribution >= 0.6 is 11.6 Å². The minimum absolute atomic E-state index is 0.142. The number of aromatic nitrogens is 6. The molecule has 0 radical (unpaired) electrons. The van der Waals surface area contributed by atoms with Gasteiger partial charge >= 0.3 is 183 Å². The predicted molar refractivity (Wildman–Crippen MR) is 117 cm³/mol. The van der Waals surface area contributed by atoms with E-state index in [0.29, 0.717) is 11.6 Å². The molecule has 3 heterocycles. The van der Waals surface area contributed by atoms with Gasteiger partial charge in [0, 0.05) is 0 Å². The number of rotatable bonds is 5. The van der Waals surface area contributed by atoms with Gasteiger partial charge in [-0.05, 0) is 0 Å². The first-order valence-corrected chi connectivity index (χ1v) is 10.9. The van der Waals surface area contributed by atoms with Crippen molar-refractivity contribution in [3.05, 3.63) is 46.9 Å². The van der Waals surface area contributed by atoms with Crippen molar-refractivity contribution < 1.29 is 4.74 Å². The average Bonchev–Trinajstić information content (AvgIpc) is 3.28. The first-order valence-electron chi connectivity index (χ1n) is 9.32. The predicted octanol–water partition coefficient (Wildman–Crippen LogP) is 2.46. The second kappa shape index (κ2) is 7.80. The van der Waals surface area contributed by atoms with Gasteiger partial charge in [-0.2, -0.15) is 0 Å². The summed E-state index contributed by atoms with van der Waals surface area (Å²) in [4.78, 5) is 8.95. The maximum atomic E-state index is 6.44. The third kappa shape index (κ3) is 3.53. The zero-order chi connectivity index (χ0) is 20.7. The van der Waals surface area contributed by atoms with Crippen molar-refractivity contribution in [1.29, 1.82) is 0 Å². The Hall–Kier alpha value is -2.37. The number of aryl methyl sites for hydroxylation is 2. The molecule has 0 aliphatic rings. The fourth-order valence-corrected chi connectivity index (χ4v) is 4.26. The normalized spacial score (nSPS) is 12.5. The number of nitrogens with zero attached hydrogens (tertiary/aromatic N) is 6. The number of fused-ring (bicyclic) bond motifs is 1. The van der Waals surface area contributed by atoms with Crippen LogP contribution in [0.4, 0.5) is 0 Å². The zero-order valence-electron chi connectivity index (χ0n) is 16.7. The maximum absolute atomic E-state index is 6.44. The third-order valence-electron chi connectivity index (χ3n) is 4.88. The second-order valence-corrected chi connectivity index (χ2v) is 8.43. The van der Waals surface area contributed by atoms with Gasteiger partial charge in [0.05, 0.1) is 0 Å². The van der Waals surface area contributed by atoms with Crippen LogP contribution < -0.4 is 9.22 Å². The van der Waals surface area contributed by atoms with Crippen molar-refractivity contribution in [2.45, 2.75) is 26.8 Å². The molecule has 0 N–H and O–H groups in total. The number of benzene rings is 1. The fourth-order valence-electron chi connectivity index (χ4n) is 3.40.